The van der Waals surface area contributed by atoms with Gasteiger partial charge >= 0.3 is 0 Å². The normalized spacial score (nSPS) is 12.4. The second-order valence-corrected chi connectivity index (χ2v) is 3.91. The van der Waals surface area contributed by atoms with Gasteiger partial charge in [-0.05, 0) is 28.9 Å². The van der Waals surface area contributed by atoms with Crippen LogP contribution in [-0.4, -0.2) is 14.2 Å². The van der Waals surface area contributed by atoms with E-state index in [1.165, 1.54) is 14.2 Å². The van der Waals surface area contributed by atoms with Gasteiger partial charge in [0, 0.05) is 11.6 Å². The lowest BCUT2D eigenvalue weighted by Crippen LogP contribution is -2.09. The van der Waals surface area contributed by atoms with Gasteiger partial charge in [0.05, 0.1) is 18.7 Å². The van der Waals surface area contributed by atoms with E-state index in [2.05, 4.69) is 15.9 Å². The van der Waals surface area contributed by atoms with Crippen molar-refractivity contribution in [2.45, 2.75) is 13.0 Å². The van der Waals surface area contributed by atoms with E-state index in [9.17, 15) is 4.39 Å². The molecule has 0 fully saturated rings. The highest BCUT2D eigenvalue weighted by molar-refractivity contribution is 9.10. The SMILES string of the molecule is COc1cc(C(C)N)c(F)c(Br)c1OC. The van der Waals surface area contributed by atoms with Crippen LogP contribution in [0.2, 0.25) is 0 Å². The lowest BCUT2D eigenvalue weighted by atomic mass is 10.1. The summed E-state index contributed by atoms with van der Waals surface area (Å²) in [6, 6.07) is 1.14. The molecule has 0 aliphatic rings. The molecule has 0 spiro atoms. The molecule has 84 valence electrons. The summed E-state index contributed by atoms with van der Waals surface area (Å²) in [6.45, 7) is 1.71. The molecule has 0 bridgehead atoms. The third-order valence-corrected chi connectivity index (χ3v) is 2.78. The molecule has 1 unspecified atom stereocenters. The molecule has 0 amide bonds. The molecule has 15 heavy (non-hydrogen) atoms. The summed E-state index contributed by atoms with van der Waals surface area (Å²) < 4.78 is 24.1. The number of methoxy groups -OCH3 is 2. The van der Waals surface area contributed by atoms with Crippen LogP contribution < -0.4 is 15.2 Å². The minimum atomic E-state index is -0.414. The summed E-state index contributed by atoms with van der Waals surface area (Å²) in [4.78, 5) is 0. The zero-order valence-corrected chi connectivity index (χ0v) is 10.4. The molecule has 3 nitrogen and oxygen atoms in total. The highest BCUT2D eigenvalue weighted by Gasteiger charge is 2.19. The molecular formula is C10H13BrFNO2. The van der Waals surface area contributed by atoms with Crippen LogP contribution in [0, 0.1) is 5.82 Å². The third-order valence-electron chi connectivity index (χ3n) is 2.07. The van der Waals surface area contributed by atoms with E-state index in [1.807, 2.05) is 0 Å². The maximum absolute atomic E-state index is 13.8. The Hall–Kier alpha value is -0.810. The molecule has 1 aromatic carbocycles. The van der Waals surface area contributed by atoms with Gasteiger partial charge in [-0.25, -0.2) is 4.39 Å². The van der Waals surface area contributed by atoms with E-state index in [0.717, 1.165) is 0 Å². The summed E-state index contributed by atoms with van der Waals surface area (Å²) in [7, 11) is 2.95. The minimum absolute atomic E-state index is 0.233. The van der Waals surface area contributed by atoms with Crippen molar-refractivity contribution in [1.29, 1.82) is 0 Å². The van der Waals surface area contributed by atoms with Gasteiger partial charge in [-0.3, -0.25) is 0 Å². The second-order valence-electron chi connectivity index (χ2n) is 3.12. The number of benzene rings is 1. The van der Waals surface area contributed by atoms with Crippen molar-refractivity contribution in [1.82, 2.24) is 0 Å². The summed E-state index contributed by atoms with van der Waals surface area (Å²) in [5, 5.41) is 0. The van der Waals surface area contributed by atoms with Crippen LogP contribution in [0.4, 0.5) is 4.39 Å². The maximum atomic E-state index is 13.8. The van der Waals surface area contributed by atoms with Crippen LogP contribution in [0.3, 0.4) is 0 Å². The fraction of sp³-hybridized carbons (Fsp3) is 0.400. The monoisotopic (exact) mass is 277 g/mol. The van der Waals surface area contributed by atoms with Gasteiger partial charge in [-0.15, -0.1) is 0 Å². The van der Waals surface area contributed by atoms with Crippen molar-refractivity contribution in [3.05, 3.63) is 21.9 Å². The summed E-state index contributed by atoms with van der Waals surface area (Å²) in [5.41, 5.74) is 6.03. The fourth-order valence-electron chi connectivity index (χ4n) is 1.28. The smallest absolute Gasteiger partial charge is 0.177 e. The minimum Gasteiger partial charge on any atom is -0.493 e. The molecular weight excluding hydrogens is 265 g/mol. The van der Waals surface area contributed by atoms with Crippen LogP contribution in [0.15, 0.2) is 10.5 Å². The fourth-order valence-corrected chi connectivity index (χ4v) is 1.86. The first-order valence-electron chi connectivity index (χ1n) is 4.38. The Morgan fingerprint density at radius 2 is 2.00 bits per heavy atom. The molecule has 5 heteroatoms. The third kappa shape index (κ3) is 2.23. The molecule has 1 aromatic rings. The number of hydrogen-bond donors (Lipinski definition) is 1. The van der Waals surface area contributed by atoms with Gasteiger partial charge in [-0.2, -0.15) is 0 Å². The van der Waals surface area contributed by atoms with E-state index in [-0.39, 0.29) is 4.47 Å². The lowest BCUT2D eigenvalue weighted by molar-refractivity contribution is 0.348. The van der Waals surface area contributed by atoms with Gasteiger partial charge in [-0.1, -0.05) is 0 Å². The van der Waals surface area contributed by atoms with Gasteiger partial charge in [0.1, 0.15) is 5.82 Å². The van der Waals surface area contributed by atoms with E-state index in [4.69, 9.17) is 15.2 Å². The summed E-state index contributed by atoms with van der Waals surface area (Å²) in [5.74, 6) is 0.375. The first-order chi connectivity index (χ1) is 7.02. The number of hydrogen-bond acceptors (Lipinski definition) is 3. The molecule has 0 aliphatic carbocycles. The summed E-state index contributed by atoms with van der Waals surface area (Å²) in [6.07, 6.45) is 0. The van der Waals surface area contributed by atoms with Crippen molar-refractivity contribution in [2.75, 3.05) is 14.2 Å². The zero-order chi connectivity index (χ0) is 11.6. The number of halogens is 2. The molecule has 0 saturated carbocycles. The Kier molecular flexibility index (Phi) is 3.93. The molecule has 2 N–H and O–H groups in total. The average molecular weight is 278 g/mol. The Morgan fingerprint density at radius 3 is 2.40 bits per heavy atom. The zero-order valence-electron chi connectivity index (χ0n) is 8.80. The van der Waals surface area contributed by atoms with Gasteiger partial charge in [0.25, 0.3) is 0 Å². The van der Waals surface area contributed by atoms with Crippen LogP contribution in [-0.2, 0) is 0 Å². The molecule has 0 saturated heterocycles. The topological polar surface area (TPSA) is 44.5 Å². The number of nitrogens with two attached hydrogens (primary N) is 1. The second kappa shape index (κ2) is 4.81. The Morgan fingerprint density at radius 1 is 1.40 bits per heavy atom. The van der Waals surface area contributed by atoms with Crippen molar-refractivity contribution >= 4 is 15.9 Å². The Balaban J connectivity index is 3.42. The van der Waals surface area contributed by atoms with E-state index in [1.54, 1.807) is 13.0 Å². The van der Waals surface area contributed by atoms with Gasteiger partial charge < -0.3 is 15.2 Å². The molecule has 0 heterocycles. The summed E-state index contributed by atoms with van der Waals surface area (Å²) >= 11 is 3.12. The molecule has 0 radical (unpaired) electrons. The number of rotatable bonds is 3. The Labute approximate surface area is 96.5 Å². The van der Waals surface area contributed by atoms with Gasteiger partial charge in [0.2, 0.25) is 0 Å². The first kappa shape index (κ1) is 12.3. The van der Waals surface area contributed by atoms with Crippen molar-refractivity contribution in [3.8, 4) is 11.5 Å². The first-order valence-corrected chi connectivity index (χ1v) is 5.17. The molecule has 1 atom stereocenters. The maximum Gasteiger partial charge on any atom is 0.177 e. The molecule has 0 aromatic heterocycles. The van der Waals surface area contributed by atoms with Crippen LogP contribution in [0.25, 0.3) is 0 Å². The van der Waals surface area contributed by atoms with E-state index >= 15 is 0 Å². The van der Waals surface area contributed by atoms with Crippen LogP contribution >= 0.6 is 15.9 Å². The van der Waals surface area contributed by atoms with E-state index < -0.39 is 11.9 Å². The van der Waals surface area contributed by atoms with Gasteiger partial charge in [0.15, 0.2) is 11.5 Å². The predicted molar refractivity (Wildman–Crippen MR) is 59.8 cm³/mol. The highest BCUT2D eigenvalue weighted by Crippen LogP contribution is 2.40. The molecule has 1 rings (SSSR count). The lowest BCUT2D eigenvalue weighted by Gasteiger charge is -2.15. The van der Waals surface area contributed by atoms with Crippen LogP contribution in [0.1, 0.15) is 18.5 Å². The van der Waals surface area contributed by atoms with Crippen molar-refractivity contribution in [2.24, 2.45) is 5.73 Å². The number of ether oxygens (including phenoxy) is 2. The largest absolute Gasteiger partial charge is 0.493 e. The highest BCUT2D eigenvalue weighted by atomic mass is 79.9. The quantitative estimate of drug-likeness (QED) is 0.924. The van der Waals surface area contributed by atoms with Crippen molar-refractivity contribution < 1.29 is 13.9 Å². The average Bonchev–Trinajstić information content (AvgIpc) is 2.21. The predicted octanol–water partition coefficient (Wildman–Crippen LogP) is 2.63. The van der Waals surface area contributed by atoms with Crippen LogP contribution in [0.5, 0.6) is 11.5 Å². The van der Waals surface area contributed by atoms with E-state index in [0.29, 0.717) is 17.1 Å². The Bertz CT molecular complexity index is 369. The molecule has 0 aliphatic heterocycles. The van der Waals surface area contributed by atoms with Crippen molar-refractivity contribution in [3.63, 3.8) is 0 Å². The standard InChI is InChI=1S/C10H13BrFNO2/c1-5(13)6-4-7(14-2)10(15-3)8(11)9(6)12/h4-5H,13H2,1-3H3.